The summed E-state index contributed by atoms with van der Waals surface area (Å²) in [6.07, 6.45) is 0. The van der Waals surface area contributed by atoms with Gasteiger partial charge in [-0.2, -0.15) is 10.2 Å². The van der Waals surface area contributed by atoms with Crippen LogP contribution in [0, 0.1) is 20.8 Å². The van der Waals surface area contributed by atoms with Gasteiger partial charge >= 0.3 is 0 Å². The van der Waals surface area contributed by atoms with E-state index in [0.29, 0.717) is 11.5 Å². The Labute approximate surface area is 135 Å². The van der Waals surface area contributed by atoms with Gasteiger partial charge in [-0.1, -0.05) is 35.9 Å². The van der Waals surface area contributed by atoms with Crippen LogP contribution in [0.25, 0.3) is 5.69 Å². The quantitative estimate of drug-likeness (QED) is 0.706. The van der Waals surface area contributed by atoms with Crippen LogP contribution in [0.2, 0.25) is 0 Å². The average Bonchev–Trinajstić information content (AvgIpc) is 2.82. The zero-order valence-corrected chi connectivity index (χ0v) is 13.5. The number of aryl methyl sites for hydroxylation is 3. The number of nitrogen functional groups attached to an aromatic ring is 1. The van der Waals surface area contributed by atoms with Crippen LogP contribution < -0.4 is 5.73 Å². The highest BCUT2D eigenvalue weighted by Crippen LogP contribution is 2.31. The summed E-state index contributed by atoms with van der Waals surface area (Å²) in [5.74, 6) is 0.490. The molecule has 0 spiro atoms. The number of benzene rings is 2. The maximum absolute atomic E-state index is 6.22. The first kappa shape index (κ1) is 15.0. The van der Waals surface area contributed by atoms with Crippen molar-refractivity contribution in [3.63, 3.8) is 0 Å². The Hall–Kier alpha value is -2.95. The predicted octanol–water partition coefficient (Wildman–Crippen LogP) is 4.80. The Bertz CT molecular complexity index is 860. The number of azo groups is 1. The molecule has 0 fully saturated rings. The molecule has 0 aliphatic carbocycles. The maximum atomic E-state index is 6.22. The molecule has 5 nitrogen and oxygen atoms in total. The number of rotatable bonds is 3. The molecule has 1 heterocycles. The van der Waals surface area contributed by atoms with Gasteiger partial charge in [0.05, 0.1) is 17.1 Å². The molecule has 0 unspecified atom stereocenters. The van der Waals surface area contributed by atoms with Crippen LogP contribution in [0.5, 0.6) is 0 Å². The Kier molecular flexibility index (Phi) is 3.93. The molecule has 0 aliphatic rings. The molecule has 3 rings (SSSR count). The van der Waals surface area contributed by atoms with E-state index >= 15 is 0 Å². The van der Waals surface area contributed by atoms with Gasteiger partial charge in [0.25, 0.3) is 0 Å². The first-order chi connectivity index (χ1) is 11.1. The first-order valence-electron chi connectivity index (χ1n) is 7.46. The average molecular weight is 305 g/mol. The SMILES string of the molecule is Cc1ccc(-n2nc(C)c(N=Nc3ccccc3C)c2N)cc1. The van der Waals surface area contributed by atoms with Crippen LogP contribution in [-0.4, -0.2) is 9.78 Å². The van der Waals surface area contributed by atoms with Gasteiger partial charge in [0, 0.05) is 0 Å². The van der Waals surface area contributed by atoms with E-state index in [1.54, 1.807) is 4.68 Å². The molecule has 3 aromatic rings. The third kappa shape index (κ3) is 2.99. The summed E-state index contributed by atoms with van der Waals surface area (Å²) in [5, 5.41) is 13.1. The lowest BCUT2D eigenvalue weighted by molar-refractivity contribution is 0.871. The second-order valence-corrected chi connectivity index (χ2v) is 5.55. The summed E-state index contributed by atoms with van der Waals surface area (Å²) in [5.41, 5.74) is 11.6. The zero-order chi connectivity index (χ0) is 16.4. The van der Waals surface area contributed by atoms with Crippen LogP contribution in [0.4, 0.5) is 17.2 Å². The van der Waals surface area contributed by atoms with Crippen molar-refractivity contribution in [3.05, 3.63) is 65.4 Å². The van der Waals surface area contributed by atoms with Crippen molar-refractivity contribution in [2.24, 2.45) is 10.2 Å². The van der Waals surface area contributed by atoms with Crippen LogP contribution >= 0.6 is 0 Å². The van der Waals surface area contributed by atoms with E-state index in [2.05, 4.69) is 15.3 Å². The van der Waals surface area contributed by atoms with Crippen molar-refractivity contribution in [2.45, 2.75) is 20.8 Å². The van der Waals surface area contributed by atoms with Gasteiger partial charge in [0.15, 0.2) is 11.5 Å². The molecule has 0 aliphatic heterocycles. The van der Waals surface area contributed by atoms with E-state index in [-0.39, 0.29) is 0 Å². The van der Waals surface area contributed by atoms with Crippen LogP contribution in [0.1, 0.15) is 16.8 Å². The van der Waals surface area contributed by atoms with Crippen LogP contribution in [-0.2, 0) is 0 Å². The first-order valence-corrected chi connectivity index (χ1v) is 7.46. The molecule has 0 saturated carbocycles. The van der Waals surface area contributed by atoms with E-state index in [4.69, 9.17) is 5.73 Å². The fourth-order valence-electron chi connectivity index (χ4n) is 2.32. The van der Waals surface area contributed by atoms with Gasteiger partial charge in [0.2, 0.25) is 0 Å². The smallest absolute Gasteiger partial charge is 0.155 e. The number of nitrogens with two attached hydrogens (primary N) is 1. The topological polar surface area (TPSA) is 68.6 Å². The summed E-state index contributed by atoms with van der Waals surface area (Å²) in [7, 11) is 0. The van der Waals surface area contributed by atoms with Crippen molar-refractivity contribution in [1.82, 2.24) is 9.78 Å². The molecule has 0 radical (unpaired) electrons. The Morgan fingerprint density at radius 1 is 0.913 bits per heavy atom. The maximum Gasteiger partial charge on any atom is 0.155 e. The second kappa shape index (κ2) is 6.04. The summed E-state index contributed by atoms with van der Waals surface area (Å²) < 4.78 is 1.70. The number of anilines is 1. The van der Waals surface area contributed by atoms with Gasteiger partial charge in [-0.15, -0.1) is 5.11 Å². The fourth-order valence-corrected chi connectivity index (χ4v) is 2.32. The molecule has 0 saturated heterocycles. The minimum absolute atomic E-state index is 0.490. The number of aromatic nitrogens is 2. The van der Waals surface area contributed by atoms with E-state index in [0.717, 1.165) is 22.6 Å². The van der Waals surface area contributed by atoms with E-state index in [9.17, 15) is 0 Å². The highest BCUT2D eigenvalue weighted by atomic mass is 15.3. The Balaban J connectivity index is 1.98. The number of hydrogen-bond acceptors (Lipinski definition) is 4. The lowest BCUT2D eigenvalue weighted by atomic mass is 10.2. The molecular formula is C18H19N5. The molecule has 5 heteroatoms. The molecule has 2 N–H and O–H groups in total. The second-order valence-electron chi connectivity index (χ2n) is 5.55. The Morgan fingerprint density at radius 2 is 1.61 bits per heavy atom. The molecule has 0 atom stereocenters. The molecule has 0 bridgehead atoms. The van der Waals surface area contributed by atoms with E-state index < -0.39 is 0 Å². The predicted molar refractivity (Wildman–Crippen MR) is 92.8 cm³/mol. The van der Waals surface area contributed by atoms with Crippen molar-refractivity contribution >= 4 is 17.2 Å². The molecule has 1 aromatic heterocycles. The van der Waals surface area contributed by atoms with E-state index in [1.807, 2.05) is 69.3 Å². The van der Waals surface area contributed by atoms with Crippen molar-refractivity contribution in [2.75, 3.05) is 5.73 Å². The van der Waals surface area contributed by atoms with Gasteiger partial charge < -0.3 is 5.73 Å². The van der Waals surface area contributed by atoms with Crippen molar-refractivity contribution < 1.29 is 0 Å². The van der Waals surface area contributed by atoms with Crippen molar-refractivity contribution in [1.29, 1.82) is 0 Å². The van der Waals surface area contributed by atoms with Gasteiger partial charge in [-0.25, -0.2) is 4.68 Å². The van der Waals surface area contributed by atoms with Crippen LogP contribution in [0.15, 0.2) is 58.8 Å². The third-order valence-electron chi connectivity index (χ3n) is 3.72. The van der Waals surface area contributed by atoms with Gasteiger partial charge in [0.1, 0.15) is 0 Å². The van der Waals surface area contributed by atoms with Crippen LogP contribution in [0.3, 0.4) is 0 Å². The number of nitrogens with zero attached hydrogens (tertiary/aromatic N) is 4. The molecule has 23 heavy (non-hydrogen) atoms. The molecular weight excluding hydrogens is 286 g/mol. The summed E-state index contributed by atoms with van der Waals surface area (Å²) >= 11 is 0. The van der Waals surface area contributed by atoms with Gasteiger partial charge in [-0.3, -0.25) is 0 Å². The molecule has 116 valence electrons. The zero-order valence-electron chi connectivity index (χ0n) is 13.5. The largest absolute Gasteiger partial charge is 0.382 e. The minimum Gasteiger partial charge on any atom is -0.382 e. The minimum atomic E-state index is 0.490. The van der Waals surface area contributed by atoms with E-state index in [1.165, 1.54) is 5.56 Å². The fraction of sp³-hybridized carbons (Fsp3) is 0.167. The van der Waals surface area contributed by atoms with Gasteiger partial charge in [-0.05, 0) is 44.5 Å². The summed E-state index contributed by atoms with van der Waals surface area (Å²) in [6, 6.07) is 15.9. The lowest BCUT2D eigenvalue weighted by Gasteiger charge is -2.04. The highest BCUT2D eigenvalue weighted by molar-refractivity contribution is 5.64. The molecule has 2 aromatic carbocycles. The summed E-state index contributed by atoms with van der Waals surface area (Å²) in [4.78, 5) is 0. The van der Waals surface area contributed by atoms with Crippen molar-refractivity contribution in [3.8, 4) is 5.69 Å². The third-order valence-corrected chi connectivity index (χ3v) is 3.72. The Morgan fingerprint density at radius 3 is 2.30 bits per heavy atom. The monoisotopic (exact) mass is 305 g/mol. The number of hydrogen-bond donors (Lipinski definition) is 1. The summed E-state index contributed by atoms with van der Waals surface area (Å²) in [6.45, 7) is 5.93. The normalized spacial score (nSPS) is 11.3. The lowest BCUT2D eigenvalue weighted by Crippen LogP contribution is -2.01. The standard InChI is InChI=1S/C18H19N5/c1-12-8-10-15(11-9-12)23-18(19)17(14(3)22-23)21-20-16-7-5-4-6-13(16)2/h4-11H,19H2,1-3H3. The highest BCUT2D eigenvalue weighted by Gasteiger charge is 2.13. The molecule has 0 amide bonds.